The average molecular weight is 389 g/mol. The Morgan fingerprint density at radius 3 is 2.10 bits per heavy atom. The van der Waals surface area contributed by atoms with Crippen molar-refractivity contribution in [3.63, 3.8) is 0 Å². The topological polar surface area (TPSA) is 47.6 Å². The van der Waals surface area contributed by atoms with Crippen LogP contribution in [0.4, 0.5) is 0 Å². The number of methoxy groups -OCH3 is 1. The number of rotatable bonds is 9. The highest BCUT2D eigenvalue weighted by Gasteiger charge is 2.14. The smallest absolute Gasteiger partial charge is 0.257 e. The third-order valence-corrected chi connectivity index (χ3v) is 4.84. The molecular formula is C25H27NO3. The molecule has 0 heterocycles. The number of aryl methyl sites for hydroxylation is 1. The van der Waals surface area contributed by atoms with Crippen LogP contribution >= 0.6 is 0 Å². The second-order valence-electron chi connectivity index (χ2n) is 6.96. The number of hydrogen-bond acceptors (Lipinski definition) is 3. The van der Waals surface area contributed by atoms with Crippen molar-refractivity contribution in [3.8, 4) is 11.5 Å². The van der Waals surface area contributed by atoms with Crippen LogP contribution in [-0.2, 0) is 4.79 Å². The van der Waals surface area contributed by atoms with Crippen molar-refractivity contribution in [2.24, 2.45) is 0 Å². The molecule has 0 aliphatic carbocycles. The first-order valence-corrected chi connectivity index (χ1v) is 9.81. The van der Waals surface area contributed by atoms with Crippen LogP contribution in [0.25, 0.3) is 0 Å². The van der Waals surface area contributed by atoms with E-state index in [1.807, 2.05) is 61.5 Å². The van der Waals surface area contributed by atoms with Crippen LogP contribution in [0.15, 0.2) is 78.9 Å². The van der Waals surface area contributed by atoms with E-state index in [0.29, 0.717) is 18.0 Å². The average Bonchev–Trinajstić information content (AvgIpc) is 2.77. The fraction of sp³-hybridized carbons (Fsp3) is 0.240. The minimum Gasteiger partial charge on any atom is -0.493 e. The summed E-state index contributed by atoms with van der Waals surface area (Å²) in [5, 5.41) is 2.97. The Kier molecular flexibility index (Phi) is 7.28. The van der Waals surface area contributed by atoms with Crippen molar-refractivity contribution >= 4 is 5.91 Å². The van der Waals surface area contributed by atoms with Crippen molar-refractivity contribution in [1.82, 2.24) is 5.32 Å². The Bertz CT molecular complexity index is 870. The predicted octanol–water partition coefficient (Wildman–Crippen LogP) is 4.72. The van der Waals surface area contributed by atoms with Gasteiger partial charge in [-0.3, -0.25) is 4.79 Å². The van der Waals surface area contributed by atoms with E-state index in [0.717, 1.165) is 12.0 Å². The van der Waals surface area contributed by atoms with Gasteiger partial charge in [0.2, 0.25) is 0 Å². The van der Waals surface area contributed by atoms with E-state index in [1.54, 1.807) is 7.11 Å². The minimum atomic E-state index is -0.146. The van der Waals surface area contributed by atoms with E-state index < -0.39 is 0 Å². The standard InChI is InChI=1S/C25H27NO3/c1-19-13-14-23(24(17-19)28-2)29-18-25(27)26-16-15-22(20-9-5-3-6-10-20)21-11-7-4-8-12-21/h3-14,17,22H,15-16,18H2,1-2H3,(H,26,27). The SMILES string of the molecule is COc1cc(C)ccc1OCC(=O)NCCC(c1ccccc1)c1ccccc1. The van der Waals surface area contributed by atoms with Crippen molar-refractivity contribution in [2.45, 2.75) is 19.3 Å². The first-order chi connectivity index (χ1) is 14.2. The first-order valence-electron chi connectivity index (χ1n) is 9.81. The van der Waals surface area contributed by atoms with E-state index in [1.165, 1.54) is 11.1 Å². The summed E-state index contributed by atoms with van der Waals surface area (Å²) in [6.45, 7) is 2.51. The van der Waals surface area contributed by atoms with Crippen LogP contribution in [0.5, 0.6) is 11.5 Å². The Morgan fingerprint density at radius 1 is 0.897 bits per heavy atom. The summed E-state index contributed by atoms with van der Waals surface area (Å²) in [4.78, 5) is 12.3. The molecule has 0 atom stereocenters. The quantitative estimate of drug-likeness (QED) is 0.576. The van der Waals surface area contributed by atoms with Gasteiger partial charge in [-0.1, -0.05) is 66.7 Å². The third kappa shape index (κ3) is 5.85. The summed E-state index contributed by atoms with van der Waals surface area (Å²) in [5.41, 5.74) is 3.56. The van der Waals surface area contributed by atoms with Gasteiger partial charge in [0.15, 0.2) is 18.1 Å². The number of nitrogens with one attached hydrogen (secondary N) is 1. The number of carbonyl (C=O) groups is 1. The highest BCUT2D eigenvalue weighted by molar-refractivity contribution is 5.77. The van der Waals surface area contributed by atoms with E-state index in [2.05, 4.69) is 29.6 Å². The van der Waals surface area contributed by atoms with Crippen molar-refractivity contribution < 1.29 is 14.3 Å². The number of hydrogen-bond donors (Lipinski definition) is 1. The molecule has 3 aromatic rings. The van der Waals surface area contributed by atoms with Gasteiger partial charge in [-0.15, -0.1) is 0 Å². The zero-order valence-corrected chi connectivity index (χ0v) is 16.9. The van der Waals surface area contributed by atoms with Crippen molar-refractivity contribution in [1.29, 1.82) is 0 Å². The number of amides is 1. The molecule has 0 aromatic heterocycles. The maximum Gasteiger partial charge on any atom is 0.257 e. The molecular weight excluding hydrogens is 362 g/mol. The molecule has 4 nitrogen and oxygen atoms in total. The fourth-order valence-electron chi connectivity index (χ4n) is 3.34. The third-order valence-electron chi connectivity index (χ3n) is 4.84. The molecule has 150 valence electrons. The van der Waals surface area contributed by atoms with Crippen LogP contribution in [0.1, 0.15) is 29.0 Å². The second kappa shape index (κ2) is 10.3. The van der Waals surface area contributed by atoms with Crippen LogP contribution in [0.2, 0.25) is 0 Å². The summed E-state index contributed by atoms with van der Waals surface area (Å²) in [7, 11) is 1.59. The van der Waals surface area contributed by atoms with Gasteiger partial charge in [-0.2, -0.15) is 0 Å². The molecule has 0 fully saturated rings. The lowest BCUT2D eigenvalue weighted by Gasteiger charge is -2.18. The Morgan fingerprint density at radius 2 is 1.52 bits per heavy atom. The molecule has 0 bridgehead atoms. The maximum absolute atomic E-state index is 12.3. The van der Waals surface area contributed by atoms with Gasteiger partial charge in [0, 0.05) is 12.5 Å². The van der Waals surface area contributed by atoms with Crippen LogP contribution in [-0.4, -0.2) is 26.2 Å². The number of ether oxygens (including phenoxy) is 2. The zero-order chi connectivity index (χ0) is 20.5. The molecule has 3 aromatic carbocycles. The highest BCUT2D eigenvalue weighted by atomic mass is 16.5. The van der Waals surface area contributed by atoms with Gasteiger partial charge in [-0.05, 0) is 42.2 Å². The molecule has 0 unspecified atom stereocenters. The molecule has 1 amide bonds. The fourth-order valence-corrected chi connectivity index (χ4v) is 3.34. The van der Waals surface area contributed by atoms with Crippen molar-refractivity contribution in [2.75, 3.05) is 20.3 Å². The molecule has 0 saturated carbocycles. The number of benzene rings is 3. The van der Waals surface area contributed by atoms with E-state index in [9.17, 15) is 4.79 Å². The first kappa shape index (κ1) is 20.5. The van der Waals surface area contributed by atoms with Crippen LogP contribution in [0, 0.1) is 6.92 Å². The summed E-state index contributed by atoms with van der Waals surface area (Å²) >= 11 is 0. The van der Waals surface area contributed by atoms with Crippen LogP contribution < -0.4 is 14.8 Å². The second-order valence-corrected chi connectivity index (χ2v) is 6.96. The largest absolute Gasteiger partial charge is 0.493 e. The monoisotopic (exact) mass is 389 g/mol. The van der Waals surface area contributed by atoms with Gasteiger partial charge >= 0.3 is 0 Å². The summed E-state index contributed by atoms with van der Waals surface area (Å²) in [6, 6.07) is 26.4. The molecule has 0 aliphatic heterocycles. The van der Waals surface area contributed by atoms with E-state index >= 15 is 0 Å². The van der Waals surface area contributed by atoms with E-state index in [-0.39, 0.29) is 18.4 Å². The highest BCUT2D eigenvalue weighted by Crippen LogP contribution is 2.28. The minimum absolute atomic E-state index is 0.0409. The van der Waals surface area contributed by atoms with Gasteiger partial charge in [-0.25, -0.2) is 0 Å². The Balaban J connectivity index is 1.55. The van der Waals surface area contributed by atoms with E-state index in [4.69, 9.17) is 9.47 Å². The van der Waals surface area contributed by atoms with Crippen molar-refractivity contribution in [3.05, 3.63) is 95.6 Å². The molecule has 29 heavy (non-hydrogen) atoms. The lowest BCUT2D eigenvalue weighted by atomic mass is 9.88. The molecule has 0 spiro atoms. The summed E-state index contributed by atoms with van der Waals surface area (Å²) in [6.07, 6.45) is 0.813. The van der Waals surface area contributed by atoms with Gasteiger partial charge in [0.1, 0.15) is 0 Å². The lowest BCUT2D eigenvalue weighted by molar-refractivity contribution is -0.123. The lowest BCUT2D eigenvalue weighted by Crippen LogP contribution is -2.30. The Hall–Kier alpha value is -3.27. The van der Waals surface area contributed by atoms with Crippen LogP contribution in [0.3, 0.4) is 0 Å². The summed E-state index contributed by atoms with van der Waals surface area (Å²) < 4.78 is 10.9. The summed E-state index contributed by atoms with van der Waals surface area (Å²) in [5.74, 6) is 1.29. The Labute approximate surface area is 172 Å². The van der Waals surface area contributed by atoms with Gasteiger partial charge in [0.25, 0.3) is 5.91 Å². The number of carbonyl (C=O) groups excluding carboxylic acids is 1. The molecule has 0 radical (unpaired) electrons. The zero-order valence-electron chi connectivity index (χ0n) is 16.9. The molecule has 0 saturated heterocycles. The normalized spacial score (nSPS) is 10.6. The molecule has 3 rings (SSSR count). The maximum atomic E-state index is 12.3. The molecule has 1 N–H and O–H groups in total. The van der Waals surface area contributed by atoms with Gasteiger partial charge < -0.3 is 14.8 Å². The predicted molar refractivity (Wildman–Crippen MR) is 116 cm³/mol. The molecule has 4 heteroatoms. The van der Waals surface area contributed by atoms with Gasteiger partial charge in [0.05, 0.1) is 7.11 Å². The molecule has 0 aliphatic rings.